The lowest BCUT2D eigenvalue weighted by atomic mass is 9.97. The van der Waals surface area contributed by atoms with Gasteiger partial charge in [0.15, 0.2) is 16.7 Å². The first-order valence-electron chi connectivity index (χ1n) is 7.91. The zero-order valence-corrected chi connectivity index (χ0v) is 14.6. The molecule has 2 amide bonds. The number of phenolic OH excluding ortho intramolecular Hbond substituents is 1. The van der Waals surface area contributed by atoms with Gasteiger partial charge in [-0.05, 0) is 48.4 Å². The van der Waals surface area contributed by atoms with Crippen LogP contribution in [0.2, 0.25) is 0 Å². The molecule has 25 heavy (non-hydrogen) atoms. The molecule has 0 aliphatic carbocycles. The fraction of sp³-hybridized carbons (Fsp3) is 0.353. The molecule has 0 atom stereocenters. The fourth-order valence-corrected chi connectivity index (χ4v) is 3.79. The molecule has 0 spiro atoms. The third kappa shape index (κ3) is 3.79. The van der Waals surface area contributed by atoms with Crippen LogP contribution in [0, 0.1) is 5.92 Å². The molecule has 132 valence electrons. The number of aromatic hydroxyl groups is 1. The number of aliphatic imine (C=N–C) groups is 1. The lowest BCUT2D eigenvalue weighted by molar-refractivity contribution is -0.123. The molecule has 0 unspecified atom stereocenters. The third-order valence-corrected chi connectivity index (χ3v) is 5.32. The maximum atomic E-state index is 12.2. The Balaban J connectivity index is 1.70. The second-order valence-corrected chi connectivity index (χ2v) is 6.91. The van der Waals surface area contributed by atoms with Crippen molar-refractivity contribution in [2.75, 3.05) is 20.2 Å². The molecule has 1 saturated heterocycles. The summed E-state index contributed by atoms with van der Waals surface area (Å²) in [7, 11) is 1.47. The first-order valence-corrected chi connectivity index (χ1v) is 8.73. The number of piperidine rings is 1. The highest BCUT2D eigenvalue weighted by Crippen LogP contribution is 2.34. The van der Waals surface area contributed by atoms with Crippen molar-refractivity contribution >= 4 is 34.8 Å². The summed E-state index contributed by atoms with van der Waals surface area (Å²) in [5.41, 5.74) is 6.09. The highest BCUT2D eigenvalue weighted by molar-refractivity contribution is 8.18. The molecule has 0 aromatic heterocycles. The van der Waals surface area contributed by atoms with Crippen molar-refractivity contribution in [1.29, 1.82) is 0 Å². The Hall–Kier alpha value is -2.48. The summed E-state index contributed by atoms with van der Waals surface area (Å²) in [6, 6.07) is 4.88. The third-order valence-electron chi connectivity index (χ3n) is 4.28. The number of likely N-dealkylation sites (tertiary alicyclic amines) is 1. The molecule has 7 nitrogen and oxygen atoms in total. The monoisotopic (exact) mass is 361 g/mol. The van der Waals surface area contributed by atoms with Crippen molar-refractivity contribution in [3.8, 4) is 11.5 Å². The van der Waals surface area contributed by atoms with Gasteiger partial charge in [-0.15, -0.1) is 0 Å². The van der Waals surface area contributed by atoms with Gasteiger partial charge in [0.1, 0.15) is 0 Å². The number of hydrogen-bond acceptors (Lipinski definition) is 6. The van der Waals surface area contributed by atoms with Crippen LogP contribution in [-0.4, -0.2) is 47.2 Å². The number of carbonyl (C=O) groups is 2. The molecule has 0 saturated carbocycles. The van der Waals surface area contributed by atoms with Crippen LogP contribution in [0.5, 0.6) is 11.5 Å². The summed E-state index contributed by atoms with van der Waals surface area (Å²) in [6.45, 7) is 1.32. The van der Waals surface area contributed by atoms with E-state index >= 15 is 0 Å². The maximum absolute atomic E-state index is 12.2. The van der Waals surface area contributed by atoms with Crippen molar-refractivity contribution in [2.24, 2.45) is 16.6 Å². The molecule has 2 aliphatic heterocycles. The van der Waals surface area contributed by atoms with E-state index < -0.39 is 0 Å². The maximum Gasteiger partial charge on any atom is 0.286 e. The molecule has 0 radical (unpaired) electrons. The van der Waals surface area contributed by atoms with Gasteiger partial charge in [-0.25, -0.2) is 0 Å². The number of carbonyl (C=O) groups excluding carboxylic acids is 2. The highest BCUT2D eigenvalue weighted by Gasteiger charge is 2.30. The SMILES string of the molecule is COc1cc(/C=C2/SC(N3CCC(C(N)=O)CC3)=NC2=O)ccc1O. The molecule has 8 heteroatoms. The number of benzene rings is 1. The van der Waals surface area contributed by atoms with E-state index in [2.05, 4.69) is 4.99 Å². The van der Waals surface area contributed by atoms with Crippen LogP contribution in [0.25, 0.3) is 6.08 Å². The molecule has 2 heterocycles. The zero-order chi connectivity index (χ0) is 18.0. The van der Waals surface area contributed by atoms with Crippen LogP contribution in [0.4, 0.5) is 0 Å². The van der Waals surface area contributed by atoms with E-state index in [-0.39, 0.29) is 23.5 Å². The van der Waals surface area contributed by atoms with E-state index in [4.69, 9.17) is 10.5 Å². The normalized spacial score (nSPS) is 20.0. The van der Waals surface area contributed by atoms with Crippen molar-refractivity contribution in [2.45, 2.75) is 12.8 Å². The molecular weight excluding hydrogens is 342 g/mol. The first kappa shape index (κ1) is 17.3. The van der Waals surface area contributed by atoms with Gasteiger partial charge in [-0.3, -0.25) is 9.59 Å². The molecule has 3 rings (SSSR count). The van der Waals surface area contributed by atoms with Gasteiger partial charge in [-0.2, -0.15) is 4.99 Å². The van der Waals surface area contributed by atoms with Crippen LogP contribution < -0.4 is 10.5 Å². The zero-order valence-electron chi connectivity index (χ0n) is 13.8. The number of methoxy groups -OCH3 is 1. The van der Waals surface area contributed by atoms with Crippen LogP contribution in [0.1, 0.15) is 18.4 Å². The number of nitrogens with two attached hydrogens (primary N) is 1. The summed E-state index contributed by atoms with van der Waals surface area (Å²) < 4.78 is 5.08. The molecule has 3 N–H and O–H groups in total. The van der Waals surface area contributed by atoms with E-state index in [1.165, 1.54) is 24.9 Å². The van der Waals surface area contributed by atoms with E-state index in [0.717, 1.165) is 5.56 Å². The molecule has 1 aromatic rings. The van der Waals surface area contributed by atoms with Crippen LogP contribution in [0.3, 0.4) is 0 Å². The van der Waals surface area contributed by atoms with Crippen LogP contribution in [-0.2, 0) is 9.59 Å². The summed E-state index contributed by atoms with van der Waals surface area (Å²) in [5.74, 6) is -0.259. The number of nitrogens with zero attached hydrogens (tertiary/aromatic N) is 2. The van der Waals surface area contributed by atoms with E-state index in [9.17, 15) is 14.7 Å². The predicted octanol–water partition coefficient (Wildman–Crippen LogP) is 1.57. The lowest BCUT2D eigenvalue weighted by Gasteiger charge is -2.31. The second-order valence-electron chi connectivity index (χ2n) is 5.91. The fourth-order valence-electron chi connectivity index (χ4n) is 2.82. The average molecular weight is 361 g/mol. The Bertz CT molecular complexity index is 767. The quantitative estimate of drug-likeness (QED) is 0.792. The molecule has 1 aromatic carbocycles. The largest absolute Gasteiger partial charge is 0.504 e. The van der Waals surface area contributed by atoms with Crippen LogP contribution >= 0.6 is 11.8 Å². The van der Waals surface area contributed by atoms with E-state index in [0.29, 0.717) is 41.8 Å². The molecule has 2 aliphatic rings. The molecule has 0 bridgehead atoms. The summed E-state index contributed by atoms with van der Waals surface area (Å²) in [6.07, 6.45) is 3.08. The highest BCUT2D eigenvalue weighted by atomic mass is 32.2. The number of hydrogen-bond donors (Lipinski definition) is 2. The topological polar surface area (TPSA) is 105 Å². The van der Waals surface area contributed by atoms with E-state index in [1.54, 1.807) is 18.2 Å². The Kier molecular flexibility index (Phi) is 4.98. The second kappa shape index (κ2) is 7.18. The van der Waals surface area contributed by atoms with Crippen molar-refractivity contribution in [1.82, 2.24) is 4.90 Å². The van der Waals surface area contributed by atoms with Crippen molar-refractivity contribution < 1.29 is 19.4 Å². The van der Waals surface area contributed by atoms with Gasteiger partial charge >= 0.3 is 0 Å². The Morgan fingerprint density at radius 2 is 2.16 bits per heavy atom. The van der Waals surface area contributed by atoms with Gasteiger partial charge in [0.05, 0.1) is 12.0 Å². The number of amides is 2. The van der Waals surface area contributed by atoms with Gasteiger partial charge in [0, 0.05) is 19.0 Å². The number of ether oxygens (including phenoxy) is 1. The smallest absolute Gasteiger partial charge is 0.286 e. The number of amidine groups is 1. The minimum atomic E-state index is -0.288. The Morgan fingerprint density at radius 3 is 2.80 bits per heavy atom. The number of primary amides is 1. The Morgan fingerprint density at radius 1 is 1.44 bits per heavy atom. The van der Waals surface area contributed by atoms with Crippen LogP contribution in [0.15, 0.2) is 28.1 Å². The predicted molar refractivity (Wildman–Crippen MR) is 96.2 cm³/mol. The first-order chi connectivity index (χ1) is 12.0. The van der Waals surface area contributed by atoms with Gasteiger partial charge in [0.25, 0.3) is 5.91 Å². The summed E-state index contributed by atoms with van der Waals surface area (Å²) >= 11 is 1.32. The number of thioether (sulfide) groups is 1. The van der Waals surface area contributed by atoms with Crippen molar-refractivity contribution in [3.63, 3.8) is 0 Å². The van der Waals surface area contributed by atoms with Crippen molar-refractivity contribution in [3.05, 3.63) is 28.7 Å². The summed E-state index contributed by atoms with van der Waals surface area (Å²) in [4.78, 5) is 30.1. The van der Waals surface area contributed by atoms with Gasteiger partial charge in [-0.1, -0.05) is 6.07 Å². The standard InChI is InChI=1S/C17H19N3O4S/c1-24-13-8-10(2-3-12(13)21)9-14-16(23)19-17(25-14)20-6-4-11(5-7-20)15(18)22/h2-3,8-9,11,21H,4-7H2,1H3,(H2,18,22)/b14-9+. The Labute approximate surface area is 149 Å². The summed E-state index contributed by atoms with van der Waals surface area (Å²) in [5, 5.41) is 10.3. The number of rotatable bonds is 3. The minimum absolute atomic E-state index is 0.0457. The lowest BCUT2D eigenvalue weighted by Crippen LogP contribution is -2.40. The average Bonchev–Trinajstić information content (AvgIpc) is 2.97. The van der Waals surface area contributed by atoms with Gasteiger partial charge < -0.3 is 20.5 Å². The number of phenols is 1. The minimum Gasteiger partial charge on any atom is -0.504 e. The van der Waals surface area contributed by atoms with E-state index in [1.807, 2.05) is 4.90 Å². The molecular formula is C17H19N3O4S. The molecule has 1 fully saturated rings. The van der Waals surface area contributed by atoms with Gasteiger partial charge in [0.2, 0.25) is 5.91 Å².